The first-order chi connectivity index (χ1) is 7.64. The highest BCUT2D eigenvalue weighted by atomic mass is 16.3. The number of carbonyl (C=O) groups excluding carboxylic acids is 1. The summed E-state index contributed by atoms with van der Waals surface area (Å²) in [7, 11) is 0. The van der Waals surface area contributed by atoms with Gasteiger partial charge in [0.1, 0.15) is 0 Å². The minimum Gasteiger partial charge on any atom is -0.385 e. The molecule has 0 saturated carbocycles. The first-order valence-corrected chi connectivity index (χ1v) is 6.36. The lowest BCUT2D eigenvalue weighted by molar-refractivity contribution is -0.116. The summed E-state index contributed by atoms with van der Waals surface area (Å²) in [4.78, 5) is 12.1. The van der Waals surface area contributed by atoms with Gasteiger partial charge in [-0.2, -0.15) is 0 Å². The molecule has 0 radical (unpaired) electrons. The molecule has 0 amide bonds. The van der Waals surface area contributed by atoms with Gasteiger partial charge in [-0.15, -0.1) is 0 Å². The summed E-state index contributed by atoms with van der Waals surface area (Å²) in [5.74, 6) is 0.442. The Morgan fingerprint density at radius 1 is 1.24 bits per heavy atom. The van der Waals surface area contributed by atoms with Gasteiger partial charge in [-0.05, 0) is 35.8 Å². The van der Waals surface area contributed by atoms with Crippen LogP contribution in [-0.2, 0) is 4.79 Å². The molecular formula is C15H22O2. The molecule has 1 N–H and O–H groups in total. The van der Waals surface area contributed by atoms with Crippen molar-refractivity contribution in [3.8, 4) is 0 Å². The van der Waals surface area contributed by atoms with E-state index in [1.807, 2.05) is 0 Å². The molecule has 0 saturated heterocycles. The first-order valence-electron chi connectivity index (χ1n) is 6.36. The number of allylic oxidation sites excluding steroid dienone is 3. The molecule has 94 valence electrons. The Morgan fingerprint density at radius 3 is 2.35 bits per heavy atom. The van der Waals surface area contributed by atoms with Gasteiger partial charge in [-0.3, -0.25) is 4.79 Å². The molecule has 0 heterocycles. The van der Waals surface area contributed by atoms with E-state index >= 15 is 0 Å². The molecule has 0 spiro atoms. The molecule has 0 aromatic carbocycles. The number of hydrogen-bond acceptors (Lipinski definition) is 2. The first kappa shape index (κ1) is 12.6. The predicted molar refractivity (Wildman–Crippen MR) is 68.6 cm³/mol. The summed E-state index contributed by atoms with van der Waals surface area (Å²) in [6, 6.07) is 0. The Balaban J connectivity index is 2.59. The van der Waals surface area contributed by atoms with Crippen LogP contribution in [0.4, 0.5) is 0 Å². The fourth-order valence-corrected chi connectivity index (χ4v) is 3.01. The van der Waals surface area contributed by atoms with Crippen LogP contribution in [0.2, 0.25) is 0 Å². The molecule has 2 nitrogen and oxygen atoms in total. The van der Waals surface area contributed by atoms with Crippen molar-refractivity contribution in [2.75, 3.05) is 0 Å². The van der Waals surface area contributed by atoms with Gasteiger partial charge in [0.15, 0.2) is 5.78 Å². The summed E-state index contributed by atoms with van der Waals surface area (Å²) >= 11 is 0. The number of rotatable bonds is 1. The summed E-state index contributed by atoms with van der Waals surface area (Å²) in [5.41, 5.74) is 2.01. The van der Waals surface area contributed by atoms with Crippen molar-refractivity contribution in [3.63, 3.8) is 0 Å². The number of hydrogen-bond donors (Lipinski definition) is 1. The van der Waals surface area contributed by atoms with Crippen LogP contribution in [0.15, 0.2) is 22.8 Å². The minimum absolute atomic E-state index is 0.0348. The maximum atomic E-state index is 12.1. The molecule has 0 aromatic rings. The average Bonchev–Trinajstić information content (AvgIpc) is 2.34. The van der Waals surface area contributed by atoms with E-state index in [0.717, 1.165) is 23.1 Å². The molecule has 0 fully saturated rings. The Bertz CT molecular complexity index is 434. The second kappa shape index (κ2) is 3.55. The largest absolute Gasteiger partial charge is 0.385 e. The number of ketones is 1. The van der Waals surface area contributed by atoms with Gasteiger partial charge >= 0.3 is 0 Å². The molecule has 2 heteroatoms. The summed E-state index contributed by atoms with van der Waals surface area (Å²) in [5, 5.41) is 10.4. The third-order valence-corrected chi connectivity index (χ3v) is 3.82. The zero-order valence-corrected chi connectivity index (χ0v) is 11.4. The van der Waals surface area contributed by atoms with Crippen LogP contribution < -0.4 is 0 Å². The third kappa shape index (κ3) is 1.99. The van der Waals surface area contributed by atoms with Crippen molar-refractivity contribution in [3.05, 3.63) is 22.8 Å². The number of carbonyl (C=O) groups is 1. The molecule has 1 unspecified atom stereocenters. The average molecular weight is 234 g/mol. The second-order valence-electron chi connectivity index (χ2n) is 6.65. The van der Waals surface area contributed by atoms with Crippen LogP contribution >= 0.6 is 0 Å². The minimum atomic E-state index is -0.932. The van der Waals surface area contributed by atoms with Crippen molar-refractivity contribution < 1.29 is 9.90 Å². The Morgan fingerprint density at radius 2 is 1.82 bits per heavy atom. The monoisotopic (exact) mass is 234 g/mol. The van der Waals surface area contributed by atoms with Crippen LogP contribution in [-0.4, -0.2) is 16.5 Å². The van der Waals surface area contributed by atoms with Crippen LogP contribution in [0.1, 0.15) is 47.5 Å². The Kier molecular flexibility index (Phi) is 2.62. The second-order valence-corrected chi connectivity index (χ2v) is 6.65. The Labute approximate surface area is 103 Å². The highest BCUT2D eigenvalue weighted by Gasteiger charge is 2.45. The molecule has 17 heavy (non-hydrogen) atoms. The van der Waals surface area contributed by atoms with Gasteiger partial charge in [0, 0.05) is 12.0 Å². The summed E-state index contributed by atoms with van der Waals surface area (Å²) in [6.45, 7) is 10.3. The van der Waals surface area contributed by atoms with E-state index in [4.69, 9.17) is 0 Å². The predicted octanol–water partition coefficient (Wildman–Crippen LogP) is 3.02. The lowest BCUT2D eigenvalue weighted by Gasteiger charge is -2.34. The van der Waals surface area contributed by atoms with E-state index < -0.39 is 5.60 Å². The highest BCUT2D eigenvalue weighted by molar-refractivity contribution is 6.04. The fourth-order valence-electron chi connectivity index (χ4n) is 3.01. The third-order valence-electron chi connectivity index (χ3n) is 3.82. The number of Topliss-reactive ketones (excluding diaryl/α,β-unsaturated/α-hetero) is 1. The van der Waals surface area contributed by atoms with Crippen LogP contribution in [0.3, 0.4) is 0 Å². The van der Waals surface area contributed by atoms with Gasteiger partial charge < -0.3 is 5.11 Å². The number of aliphatic hydroxyl groups is 1. The molecule has 2 aliphatic carbocycles. The van der Waals surface area contributed by atoms with Gasteiger partial charge in [0.05, 0.1) is 5.60 Å². The highest BCUT2D eigenvalue weighted by Crippen LogP contribution is 2.48. The van der Waals surface area contributed by atoms with E-state index in [1.54, 1.807) is 6.92 Å². The Hall–Kier alpha value is -0.890. The quantitative estimate of drug-likeness (QED) is 0.757. The van der Waals surface area contributed by atoms with E-state index in [0.29, 0.717) is 5.92 Å². The topological polar surface area (TPSA) is 37.3 Å². The lowest BCUT2D eigenvalue weighted by Crippen LogP contribution is -2.28. The lowest BCUT2D eigenvalue weighted by atomic mass is 9.72. The van der Waals surface area contributed by atoms with Crippen molar-refractivity contribution >= 4 is 5.78 Å². The zero-order valence-electron chi connectivity index (χ0n) is 11.4. The van der Waals surface area contributed by atoms with Crippen LogP contribution in [0.5, 0.6) is 0 Å². The normalized spacial score (nSPS) is 31.9. The molecular weight excluding hydrogens is 212 g/mol. The van der Waals surface area contributed by atoms with E-state index in [2.05, 4.69) is 33.8 Å². The molecule has 1 atom stereocenters. The van der Waals surface area contributed by atoms with Crippen molar-refractivity contribution in [2.24, 2.45) is 11.3 Å². The smallest absolute Gasteiger partial charge is 0.166 e. The van der Waals surface area contributed by atoms with E-state index in [-0.39, 0.29) is 17.6 Å². The van der Waals surface area contributed by atoms with E-state index in [9.17, 15) is 9.90 Å². The molecule has 2 aliphatic rings. The standard InChI is InChI=1S/C15H22O2/c1-9(2)10-6-14(3,4)7-11-13(10)12(16)8-15(11,5)17/h6,9,17H,7-8H2,1-5H3. The van der Waals surface area contributed by atoms with Gasteiger partial charge in [0.2, 0.25) is 0 Å². The molecule has 0 bridgehead atoms. The maximum absolute atomic E-state index is 12.1. The zero-order chi connectivity index (χ0) is 13.0. The summed E-state index contributed by atoms with van der Waals surface area (Å²) in [6.07, 6.45) is 3.25. The van der Waals surface area contributed by atoms with E-state index in [1.165, 1.54) is 0 Å². The molecule has 0 aromatic heterocycles. The van der Waals surface area contributed by atoms with Crippen molar-refractivity contribution in [1.82, 2.24) is 0 Å². The SMILES string of the molecule is CC(C)C1=CC(C)(C)CC2=C1C(=O)CC2(C)O. The van der Waals surface area contributed by atoms with Crippen molar-refractivity contribution in [1.29, 1.82) is 0 Å². The van der Waals surface area contributed by atoms with Crippen LogP contribution in [0, 0.1) is 11.3 Å². The van der Waals surface area contributed by atoms with Gasteiger partial charge in [-0.25, -0.2) is 0 Å². The molecule has 0 aliphatic heterocycles. The molecule has 2 rings (SSSR count). The van der Waals surface area contributed by atoms with Gasteiger partial charge in [-0.1, -0.05) is 33.8 Å². The fraction of sp³-hybridized carbons (Fsp3) is 0.667. The summed E-state index contributed by atoms with van der Waals surface area (Å²) < 4.78 is 0. The maximum Gasteiger partial charge on any atom is 0.166 e. The van der Waals surface area contributed by atoms with Crippen molar-refractivity contribution in [2.45, 2.75) is 53.1 Å². The van der Waals surface area contributed by atoms with Crippen LogP contribution in [0.25, 0.3) is 0 Å². The van der Waals surface area contributed by atoms with Gasteiger partial charge in [0.25, 0.3) is 0 Å².